The summed E-state index contributed by atoms with van der Waals surface area (Å²) in [6, 6.07) is 9.03. The van der Waals surface area contributed by atoms with Crippen LogP contribution in [0.25, 0.3) is 0 Å². The molecule has 0 bridgehead atoms. The van der Waals surface area contributed by atoms with E-state index in [1.807, 2.05) is 26.0 Å². The molecule has 1 atom stereocenters. The third-order valence-corrected chi connectivity index (χ3v) is 6.27. The van der Waals surface area contributed by atoms with Gasteiger partial charge in [0, 0.05) is 18.9 Å². The van der Waals surface area contributed by atoms with Gasteiger partial charge in [0.2, 0.25) is 10.0 Å². The molecule has 0 unspecified atom stereocenters. The topological polar surface area (TPSA) is 59.5 Å². The predicted molar refractivity (Wildman–Crippen MR) is 92.6 cm³/mol. The van der Waals surface area contributed by atoms with E-state index in [0.29, 0.717) is 18.0 Å². The average Bonchev–Trinajstić information content (AvgIpc) is 2.56. The number of benzene rings is 1. The standard InChI is InChI=1S/C18H22N2O3S/c1-14-5-6-18(15(2)12-14)24(21,22)20-11-3-4-17(13-20)23-16-7-9-19-10-8-16/h5-10,12,17H,3-4,11,13H2,1-2H3/t17-/m1/s1. The minimum absolute atomic E-state index is 0.137. The van der Waals surface area contributed by atoms with Crippen LogP contribution in [0.5, 0.6) is 5.75 Å². The molecule has 0 saturated carbocycles. The largest absolute Gasteiger partial charge is 0.489 e. The predicted octanol–water partition coefficient (Wildman–Crippen LogP) is 2.93. The quantitative estimate of drug-likeness (QED) is 0.854. The van der Waals surface area contributed by atoms with Gasteiger partial charge in [-0.3, -0.25) is 4.98 Å². The summed E-state index contributed by atoms with van der Waals surface area (Å²) in [7, 11) is -3.49. The first-order valence-electron chi connectivity index (χ1n) is 8.11. The lowest BCUT2D eigenvalue weighted by molar-refractivity contribution is 0.129. The molecule has 3 rings (SSSR count). The molecular weight excluding hydrogens is 324 g/mol. The third-order valence-electron chi connectivity index (χ3n) is 4.24. The normalized spacial score (nSPS) is 19.2. The molecule has 1 aromatic heterocycles. The fourth-order valence-electron chi connectivity index (χ4n) is 3.06. The fraction of sp³-hybridized carbons (Fsp3) is 0.389. The first kappa shape index (κ1) is 16.9. The summed E-state index contributed by atoms with van der Waals surface area (Å²) >= 11 is 0. The molecular formula is C18H22N2O3S. The van der Waals surface area contributed by atoms with Gasteiger partial charge in [-0.1, -0.05) is 17.7 Å². The van der Waals surface area contributed by atoms with Crippen molar-refractivity contribution >= 4 is 10.0 Å². The molecule has 2 aromatic rings. The Morgan fingerprint density at radius 1 is 1.17 bits per heavy atom. The van der Waals surface area contributed by atoms with Gasteiger partial charge in [0.15, 0.2) is 0 Å². The Kier molecular flexibility index (Phi) is 4.87. The Labute approximate surface area is 143 Å². The number of piperidine rings is 1. The Hall–Kier alpha value is -1.92. The molecule has 1 aliphatic rings. The van der Waals surface area contributed by atoms with Crippen molar-refractivity contribution in [2.45, 2.75) is 37.7 Å². The van der Waals surface area contributed by atoms with Gasteiger partial charge >= 0.3 is 0 Å². The summed E-state index contributed by atoms with van der Waals surface area (Å²) in [6.45, 7) is 4.71. The monoisotopic (exact) mass is 346 g/mol. The SMILES string of the molecule is Cc1ccc(S(=O)(=O)N2CCC[C@@H](Oc3ccncc3)C2)c(C)c1. The van der Waals surface area contributed by atoms with Gasteiger partial charge in [-0.15, -0.1) is 0 Å². The van der Waals surface area contributed by atoms with Crippen LogP contribution >= 0.6 is 0 Å². The van der Waals surface area contributed by atoms with Gasteiger partial charge in [-0.05, 0) is 50.5 Å². The van der Waals surface area contributed by atoms with Crippen LogP contribution in [-0.4, -0.2) is 36.9 Å². The highest BCUT2D eigenvalue weighted by molar-refractivity contribution is 7.89. The van der Waals surface area contributed by atoms with Crippen molar-refractivity contribution in [3.05, 3.63) is 53.9 Å². The average molecular weight is 346 g/mol. The van der Waals surface area contributed by atoms with Crippen LogP contribution in [0.4, 0.5) is 0 Å². The number of hydrogen-bond acceptors (Lipinski definition) is 4. The minimum Gasteiger partial charge on any atom is -0.489 e. The van der Waals surface area contributed by atoms with Crippen molar-refractivity contribution in [3.63, 3.8) is 0 Å². The second kappa shape index (κ2) is 6.91. The van der Waals surface area contributed by atoms with Crippen LogP contribution in [0.15, 0.2) is 47.6 Å². The molecule has 1 aliphatic heterocycles. The molecule has 0 aliphatic carbocycles. The number of pyridine rings is 1. The van der Waals surface area contributed by atoms with Crippen molar-refractivity contribution in [2.24, 2.45) is 0 Å². The van der Waals surface area contributed by atoms with Gasteiger partial charge < -0.3 is 4.74 Å². The number of rotatable bonds is 4. The smallest absolute Gasteiger partial charge is 0.243 e. The first-order valence-corrected chi connectivity index (χ1v) is 9.55. The van der Waals surface area contributed by atoms with Crippen LogP contribution in [0.3, 0.4) is 0 Å². The Morgan fingerprint density at radius 2 is 1.92 bits per heavy atom. The molecule has 1 aromatic carbocycles. The van der Waals surface area contributed by atoms with Crippen LogP contribution in [0.2, 0.25) is 0 Å². The zero-order valence-electron chi connectivity index (χ0n) is 14.0. The second-order valence-electron chi connectivity index (χ2n) is 6.20. The number of aryl methyl sites for hydroxylation is 2. The lowest BCUT2D eigenvalue weighted by Gasteiger charge is -2.32. The maximum absolute atomic E-state index is 13.0. The van der Waals surface area contributed by atoms with Gasteiger partial charge in [0.05, 0.1) is 11.4 Å². The zero-order chi connectivity index (χ0) is 17.2. The van der Waals surface area contributed by atoms with E-state index in [-0.39, 0.29) is 6.10 Å². The molecule has 5 nitrogen and oxygen atoms in total. The van der Waals surface area contributed by atoms with Gasteiger partial charge in [-0.25, -0.2) is 8.42 Å². The summed E-state index contributed by atoms with van der Waals surface area (Å²) in [6.07, 6.45) is 4.84. The summed E-state index contributed by atoms with van der Waals surface area (Å²) in [5.74, 6) is 0.723. The Morgan fingerprint density at radius 3 is 2.62 bits per heavy atom. The van der Waals surface area contributed by atoms with Crippen molar-refractivity contribution in [1.82, 2.24) is 9.29 Å². The van der Waals surface area contributed by atoms with E-state index in [9.17, 15) is 8.42 Å². The molecule has 6 heteroatoms. The van der Waals surface area contributed by atoms with E-state index in [2.05, 4.69) is 4.98 Å². The number of nitrogens with zero attached hydrogens (tertiary/aromatic N) is 2. The lowest BCUT2D eigenvalue weighted by atomic mass is 10.1. The molecule has 1 fully saturated rings. The number of sulfonamides is 1. The number of hydrogen-bond donors (Lipinski definition) is 0. The highest BCUT2D eigenvalue weighted by Crippen LogP contribution is 2.25. The highest BCUT2D eigenvalue weighted by atomic mass is 32.2. The molecule has 2 heterocycles. The lowest BCUT2D eigenvalue weighted by Crippen LogP contribution is -2.44. The second-order valence-corrected chi connectivity index (χ2v) is 8.10. The molecule has 1 saturated heterocycles. The first-order chi connectivity index (χ1) is 11.5. The van der Waals surface area contributed by atoms with E-state index in [0.717, 1.165) is 29.7 Å². The van der Waals surface area contributed by atoms with Crippen LogP contribution in [-0.2, 0) is 10.0 Å². The zero-order valence-corrected chi connectivity index (χ0v) is 14.8. The van der Waals surface area contributed by atoms with Gasteiger partial charge in [0.1, 0.15) is 11.9 Å². The summed E-state index contributed by atoms with van der Waals surface area (Å²) in [5, 5.41) is 0. The Bertz CT molecular complexity index is 806. The van der Waals surface area contributed by atoms with E-state index in [1.165, 1.54) is 0 Å². The third kappa shape index (κ3) is 3.60. The van der Waals surface area contributed by atoms with Crippen molar-refractivity contribution < 1.29 is 13.2 Å². The van der Waals surface area contributed by atoms with E-state index in [4.69, 9.17) is 4.74 Å². The summed E-state index contributed by atoms with van der Waals surface area (Å²) in [4.78, 5) is 4.35. The maximum atomic E-state index is 13.0. The van der Waals surface area contributed by atoms with Crippen molar-refractivity contribution in [1.29, 1.82) is 0 Å². The molecule has 128 valence electrons. The Balaban J connectivity index is 1.78. The van der Waals surface area contributed by atoms with Crippen LogP contribution in [0.1, 0.15) is 24.0 Å². The van der Waals surface area contributed by atoms with E-state index in [1.54, 1.807) is 34.9 Å². The van der Waals surface area contributed by atoms with Crippen molar-refractivity contribution in [3.8, 4) is 5.75 Å². The van der Waals surface area contributed by atoms with Gasteiger partial charge in [0.25, 0.3) is 0 Å². The van der Waals surface area contributed by atoms with E-state index < -0.39 is 10.0 Å². The van der Waals surface area contributed by atoms with Gasteiger partial charge in [-0.2, -0.15) is 4.31 Å². The highest BCUT2D eigenvalue weighted by Gasteiger charge is 2.32. The van der Waals surface area contributed by atoms with Crippen LogP contribution < -0.4 is 4.74 Å². The maximum Gasteiger partial charge on any atom is 0.243 e. The molecule has 0 N–H and O–H groups in total. The molecule has 0 amide bonds. The molecule has 24 heavy (non-hydrogen) atoms. The minimum atomic E-state index is -3.49. The van der Waals surface area contributed by atoms with Crippen molar-refractivity contribution in [2.75, 3.05) is 13.1 Å². The summed E-state index contributed by atoms with van der Waals surface area (Å²) < 4.78 is 33.4. The van der Waals surface area contributed by atoms with E-state index >= 15 is 0 Å². The summed E-state index contributed by atoms with van der Waals surface area (Å²) in [5.41, 5.74) is 1.84. The number of ether oxygens (including phenoxy) is 1. The number of aromatic nitrogens is 1. The molecule has 0 spiro atoms. The van der Waals surface area contributed by atoms with Crippen LogP contribution in [0, 0.1) is 13.8 Å². The molecule has 0 radical (unpaired) electrons. The fourth-order valence-corrected chi connectivity index (χ4v) is 4.77.